The van der Waals surface area contributed by atoms with Gasteiger partial charge in [0.15, 0.2) is 0 Å². The Morgan fingerprint density at radius 1 is 1.29 bits per heavy atom. The minimum absolute atomic E-state index is 0.242. The summed E-state index contributed by atoms with van der Waals surface area (Å²) in [7, 11) is 1.54. The Morgan fingerprint density at radius 2 is 2.00 bits per heavy atom. The van der Waals surface area contributed by atoms with Crippen LogP contribution >= 0.6 is 0 Å². The van der Waals surface area contributed by atoms with E-state index in [1.807, 2.05) is 31.2 Å². The molecule has 2 atom stereocenters. The van der Waals surface area contributed by atoms with Gasteiger partial charge >= 0.3 is 6.48 Å². The summed E-state index contributed by atoms with van der Waals surface area (Å²) in [5.74, 6) is 1.87. The van der Waals surface area contributed by atoms with Crippen LogP contribution in [-0.2, 0) is 14.2 Å². The Kier molecular flexibility index (Phi) is 5.59. The molecular weight excluding hydrogens is 270 g/mol. The zero-order valence-electron chi connectivity index (χ0n) is 13.0. The first kappa shape index (κ1) is 15.8. The van der Waals surface area contributed by atoms with Crippen molar-refractivity contribution >= 4 is 5.90 Å². The van der Waals surface area contributed by atoms with Crippen LogP contribution in [0.1, 0.15) is 26.3 Å². The van der Waals surface area contributed by atoms with Gasteiger partial charge in [0, 0.05) is 12.7 Å². The minimum atomic E-state index is -0.689. The van der Waals surface area contributed by atoms with Crippen molar-refractivity contribution in [3.05, 3.63) is 29.8 Å². The van der Waals surface area contributed by atoms with Crippen LogP contribution in [0.3, 0.4) is 0 Å². The summed E-state index contributed by atoms with van der Waals surface area (Å²) in [6.45, 7) is 6.68. The van der Waals surface area contributed by atoms with E-state index in [0.29, 0.717) is 30.8 Å². The van der Waals surface area contributed by atoms with Crippen molar-refractivity contribution in [3.8, 4) is 5.75 Å². The predicted octanol–water partition coefficient (Wildman–Crippen LogP) is 2.83. The Bertz CT molecular complexity index is 470. The Morgan fingerprint density at radius 3 is 2.52 bits per heavy atom. The van der Waals surface area contributed by atoms with Crippen LogP contribution in [0.4, 0.5) is 0 Å². The maximum atomic E-state index is 5.65. The van der Waals surface area contributed by atoms with Crippen LogP contribution in [0.5, 0.6) is 5.75 Å². The van der Waals surface area contributed by atoms with Crippen LogP contribution in [0.2, 0.25) is 0 Å². The molecule has 2 rings (SSSR count). The molecule has 1 aliphatic rings. The maximum Gasteiger partial charge on any atom is 0.315 e. The molecule has 5 nitrogen and oxygen atoms in total. The van der Waals surface area contributed by atoms with E-state index in [2.05, 4.69) is 18.8 Å². The zero-order valence-corrected chi connectivity index (χ0v) is 13.0. The number of benzene rings is 1. The largest absolute Gasteiger partial charge is 0.475 e. The van der Waals surface area contributed by atoms with Crippen LogP contribution in [0.15, 0.2) is 29.3 Å². The van der Waals surface area contributed by atoms with Gasteiger partial charge in [0.05, 0.1) is 12.6 Å². The SMILES string of the molecule is CCOC(OC)Oc1ccc(C2=N[C@@H](C(C)C)CO2)cc1. The molecule has 0 spiro atoms. The smallest absolute Gasteiger partial charge is 0.315 e. The molecule has 0 aliphatic carbocycles. The highest BCUT2D eigenvalue weighted by Crippen LogP contribution is 2.20. The van der Waals surface area contributed by atoms with E-state index in [9.17, 15) is 0 Å². The molecule has 5 heteroatoms. The number of nitrogens with zero attached hydrogens (tertiary/aromatic N) is 1. The minimum Gasteiger partial charge on any atom is -0.475 e. The first-order valence-electron chi connectivity index (χ1n) is 7.26. The lowest BCUT2D eigenvalue weighted by atomic mass is 10.1. The van der Waals surface area contributed by atoms with Crippen molar-refractivity contribution in [2.45, 2.75) is 33.3 Å². The number of ether oxygens (including phenoxy) is 4. The van der Waals surface area contributed by atoms with Crippen molar-refractivity contribution in [1.82, 2.24) is 0 Å². The van der Waals surface area contributed by atoms with Gasteiger partial charge in [-0.1, -0.05) is 13.8 Å². The topological polar surface area (TPSA) is 49.3 Å². The lowest BCUT2D eigenvalue weighted by Gasteiger charge is -2.16. The fourth-order valence-corrected chi connectivity index (χ4v) is 1.96. The quantitative estimate of drug-likeness (QED) is 0.725. The number of hydrogen-bond acceptors (Lipinski definition) is 5. The molecular formula is C16H23NO4. The van der Waals surface area contributed by atoms with Gasteiger partial charge < -0.3 is 18.9 Å². The summed E-state index contributed by atoms with van der Waals surface area (Å²) >= 11 is 0. The van der Waals surface area contributed by atoms with Crippen molar-refractivity contribution in [2.75, 3.05) is 20.3 Å². The molecule has 1 heterocycles. The molecule has 0 fully saturated rings. The molecule has 0 N–H and O–H groups in total. The van der Waals surface area contributed by atoms with E-state index in [4.69, 9.17) is 18.9 Å². The van der Waals surface area contributed by atoms with Crippen LogP contribution < -0.4 is 4.74 Å². The fourth-order valence-electron chi connectivity index (χ4n) is 1.96. The second-order valence-corrected chi connectivity index (χ2v) is 5.18. The van der Waals surface area contributed by atoms with Crippen molar-refractivity contribution in [3.63, 3.8) is 0 Å². The average molecular weight is 293 g/mol. The van der Waals surface area contributed by atoms with Crippen molar-refractivity contribution in [1.29, 1.82) is 0 Å². The summed E-state index contributed by atoms with van der Waals surface area (Å²) in [6, 6.07) is 7.81. The van der Waals surface area contributed by atoms with Crippen LogP contribution in [0.25, 0.3) is 0 Å². The van der Waals surface area contributed by atoms with E-state index in [0.717, 1.165) is 5.56 Å². The summed E-state index contributed by atoms with van der Waals surface area (Å²) in [5.41, 5.74) is 0.955. The van der Waals surface area contributed by atoms with Crippen molar-refractivity contribution in [2.24, 2.45) is 10.9 Å². The van der Waals surface area contributed by atoms with Crippen LogP contribution in [-0.4, -0.2) is 38.7 Å². The van der Waals surface area contributed by atoms with E-state index >= 15 is 0 Å². The molecule has 1 aromatic rings. The Balaban J connectivity index is 2.01. The molecule has 0 saturated heterocycles. The second-order valence-electron chi connectivity index (χ2n) is 5.18. The van der Waals surface area contributed by atoms with Crippen molar-refractivity contribution < 1.29 is 18.9 Å². The number of hydrogen-bond donors (Lipinski definition) is 0. The third kappa shape index (κ3) is 4.19. The summed E-state index contributed by atoms with van der Waals surface area (Å²) in [5, 5.41) is 0. The summed E-state index contributed by atoms with van der Waals surface area (Å²) < 4.78 is 21.6. The molecule has 0 saturated carbocycles. The molecule has 116 valence electrons. The number of aliphatic imine (C=N–C) groups is 1. The van der Waals surface area contributed by atoms with Gasteiger partial charge in [-0.15, -0.1) is 0 Å². The van der Waals surface area contributed by atoms with Crippen LogP contribution in [0, 0.1) is 5.92 Å². The lowest BCUT2D eigenvalue weighted by Crippen LogP contribution is -2.22. The number of rotatable bonds is 7. The molecule has 1 unspecified atom stereocenters. The molecule has 21 heavy (non-hydrogen) atoms. The first-order valence-corrected chi connectivity index (χ1v) is 7.26. The predicted molar refractivity (Wildman–Crippen MR) is 80.6 cm³/mol. The molecule has 1 aromatic carbocycles. The van der Waals surface area contributed by atoms with E-state index in [1.165, 1.54) is 0 Å². The van der Waals surface area contributed by atoms with Gasteiger partial charge in [0.1, 0.15) is 12.4 Å². The number of methoxy groups -OCH3 is 1. The second kappa shape index (κ2) is 7.43. The average Bonchev–Trinajstić information content (AvgIpc) is 2.97. The van der Waals surface area contributed by atoms with E-state index in [-0.39, 0.29) is 6.04 Å². The normalized spacial score (nSPS) is 19.3. The summed E-state index contributed by atoms with van der Waals surface area (Å²) in [6.07, 6.45) is 0. The molecule has 1 aliphatic heterocycles. The Hall–Kier alpha value is -1.59. The zero-order chi connectivity index (χ0) is 15.2. The highest BCUT2D eigenvalue weighted by Gasteiger charge is 2.22. The van der Waals surface area contributed by atoms with Gasteiger partial charge in [-0.2, -0.15) is 0 Å². The van der Waals surface area contributed by atoms with Gasteiger partial charge in [-0.05, 0) is 37.1 Å². The van der Waals surface area contributed by atoms with Gasteiger partial charge in [-0.3, -0.25) is 0 Å². The molecule has 0 amide bonds. The van der Waals surface area contributed by atoms with Gasteiger partial charge in [-0.25, -0.2) is 4.99 Å². The Labute approximate surface area is 125 Å². The summed E-state index contributed by atoms with van der Waals surface area (Å²) in [4.78, 5) is 4.60. The lowest BCUT2D eigenvalue weighted by molar-refractivity contribution is -0.231. The molecule has 0 aromatic heterocycles. The van der Waals surface area contributed by atoms with E-state index < -0.39 is 6.48 Å². The van der Waals surface area contributed by atoms with Gasteiger partial charge in [0.2, 0.25) is 5.90 Å². The fraction of sp³-hybridized carbons (Fsp3) is 0.562. The highest BCUT2D eigenvalue weighted by atomic mass is 16.8. The highest BCUT2D eigenvalue weighted by molar-refractivity contribution is 5.95. The molecule has 0 radical (unpaired) electrons. The first-order chi connectivity index (χ1) is 10.1. The third-order valence-electron chi connectivity index (χ3n) is 3.27. The molecule has 0 bridgehead atoms. The maximum absolute atomic E-state index is 5.65. The third-order valence-corrected chi connectivity index (χ3v) is 3.27. The standard InChI is InChI=1S/C16H23NO4/c1-5-19-16(18-4)21-13-8-6-12(7-9-13)15-17-14(10-20-15)11(2)3/h6-9,11,14,16H,5,10H2,1-4H3/t14-,16?/m1/s1. The monoisotopic (exact) mass is 293 g/mol. The van der Waals surface area contributed by atoms with E-state index in [1.54, 1.807) is 7.11 Å². The van der Waals surface area contributed by atoms with Gasteiger partial charge in [0.25, 0.3) is 0 Å².